The molecule has 1 saturated heterocycles. The molecule has 1 aliphatic carbocycles. The lowest BCUT2D eigenvalue weighted by Crippen LogP contribution is -2.49. The van der Waals surface area contributed by atoms with Crippen molar-refractivity contribution in [3.05, 3.63) is 0 Å². The van der Waals surface area contributed by atoms with E-state index in [-0.39, 0.29) is 18.6 Å². The van der Waals surface area contributed by atoms with Gasteiger partial charge in [0.15, 0.2) is 0 Å². The SMILES string of the molecule is O=C(O)C1(C(=O)N2CCCCC2CCO)CC1. The normalized spacial score (nSPS) is 26.6. The zero-order valence-corrected chi connectivity index (χ0v) is 9.89. The number of hydrogen-bond acceptors (Lipinski definition) is 3. The van der Waals surface area contributed by atoms with Gasteiger partial charge in [-0.05, 0) is 38.5 Å². The highest BCUT2D eigenvalue weighted by Gasteiger charge is 2.59. The van der Waals surface area contributed by atoms with Gasteiger partial charge in [-0.1, -0.05) is 0 Å². The minimum absolute atomic E-state index is 0.0260. The minimum atomic E-state index is -1.13. The summed E-state index contributed by atoms with van der Waals surface area (Å²) < 4.78 is 0. The Balaban J connectivity index is 2.09. The maximum absolute atomic E-state index is 12.3. The number of carboxylic acids is 1. The Morgan fingerprint density at radius 2 is 2.00 bits per heavy atom. The number of aliphatic hydroxyl groups excluding tert-OH is 1. The number of nitrogens with zero attached hydrogens (tertiary/aromatic N) is 1. The Labute approximate surface area is 100 Å². The molecule has 5 heteroatoms. The van der Waals surface area contributed by atoms with E-state index in [2.05, 4.69) is 0 Å². The molecule has 1 atom stereocenters. The van der Waals surface area contributed by atoms with Gasteiger partial charge in [-0.15, -0.1) is 0 Å². The van der Waals surface area contributed by atoms with E-state index in [9.17, 15) is 9.59 Å². The quantitative estimate of drug-likeness (QED) is 0.707. The highest BCUT2D eigenvalue weighted by Crippen LogP contribution is 2.48. The van der Waals surface area contributed by atoms with Crippen LogP contribution in [0.25, 0.3) is 0 Å². The molecule has 1 unspecified atom stereocenters. The molecule has 17 heavy (non-hydrogen) atoms. The van der Waals surface area contributed by atoms with Crippen LogP contribution in [0, 0.1) is 5.41 Å². The van der Waals surface area contributed by atoms with Crippen LogP contribution in [0.15, 0.2) is 0 Å². The van der Waals surface area contributed by atoms with Gasteiger partial charge in [0.25, 0.3) is 0 Å². The Hall–Kier alpha value is -1.10. The van der Waals surface area contributed by atoms with Gasteiger partial charge < -0.3 is 15.1 Å². The fourth-order valence-corrected chi connectivity index (χ4v) is 2.64. The average Bonchev–Trinajstić information content (AvgIpc) is 3.10. The van der Waals surface area contributed by atoms with Crippen LogP contribution in [0.3, 0.4) is 0 Å². The summed E-state index contributed by atoms with van der Waals surface area (Å²) in [6, 6.07) is 0.0260. The van der Waals surface area contributed by atoms with E-state index in [1.807, 2.05) is 0 Å². The van der Waals surface area contributed by atoms with Crippen molar-refractivity contribution in [2.45, 2.75) is 44.6 Å². The van der Waals surface area contributed by atoms with E-state index < -0.39 is 11.4 Å². The molecule has 0 spiro atoms. The van der Waals surface area contributed by atoms with Crippen LogP contribution in [0.5, 0.6) is 0 Å². The van der Waals surface area contributed by atoms with Gasteiger partial charge in [0, 0.05) is 19.2 Å². The molecule has 2 rings (SSSR count). The number of likely N-dealkylation sites (tertiary alicyclic amines) is 1. The summed E-state index contributed by atoms with van der Waals surface area (Å²) >= 11 is 0. The van der Waals surface area contributed by atoms with Crippen LogP contribution in [0.1, 0.15) is 38.5 Å². The first-order chi connectivity index (χ1) is 8.12. The van der Waals surface area contributed by atoms with Crippen LogP contribution >= 0.6 is 0 Å². The molecule has 2 aliphatic rings. The third-order valence-electron chi connectivity index (χ3n) is 3.92. The number of carbonyl (C=O) groups is 2. The van der Waals surface area contributed by atoms with Gasteiger partial charge in [0.05, 0.1) is 0 Å². The Morgan fingerprint density at radius 3 is 2.53 bits per heavy atom. The van der Waals surface area contributed by atoms with Crippen molar-refractivity contribution in [1.29, 1.82) is 0 Å². The molecule has 0 radical (unpaired) electrons. The van der Waals surface area contributed by atoms with Gasteiger partial charge in [0.2, 0.25) is 5.91 Å². The molecule has 2 N–H and O–H groups in total. The molecule has 2 fully saturated rings. The predicted molar refractivity (Wildman–Crippen MR) is 60.4 cm³/mol. The molecule has 1 saturated carbocycles. The Kier molecular flexibility index (Phi) is 3.38. The van der Waals surface area contributed by atoms with Crippen molar-refractivity contribution < 1.29 is 19.8 Å². The molecule has 0 aromatic heterocycles. The van der Waals surface area contributed by atoms with Crippen LogP contribution in [-0.4, -0.2) is 46.2 Å². The summed E-state index contributed by atoms with van der Waals surface area (Å²) in [7, 11) is 0. The second-order valence-corrected chi connectivity index (χ2v) is 5.05. The monoisotopic (exact) mass is 241 g/mol. The second kappa shape index (κ2) is 4.64. The summed E-state index contributed by atoms with van der Waals surface area (Å²) in [5, 5.41) is 18.1. The van der Waals surface area contributed by atoms with Crippen molar-refractivity contribution in [2.24, 2.45) is 5.41 Å². The predicted octanol–water partition coefficient (Wildman–Crippen LogP) is 0.615. The molecule has 96 valence electrons. The fraction of sp³-hybridized carbons (Fsp3) is 0.833. The number of carbonyl (C=O) groups excluding carboxylic acids is 1. The lowest BCUT2D eigenvalue weighted by Gasteiger charge is -2.37. The van der Waals surface area contributed by atoms with Gasteiger partial charge in [-0.2, -0.15) is 0 Å². The van der Waals surface area contributed by atoms with E-state index in [1.165, 1.54) is 0 Å². The van der Waals surface area contributed by atoms with Gasteiger partial charge in [-0.3, -0.25) is 9.59 Å². The van der Waals surface area contributed by atoms with Crippen molar-refractivity contribution in [2.75, 3.05) is 13.2 Å². The highest BCUT2D eigenvalue weighted by molar-refractivity contribution is 6.05. The highest BCUT2D eigenvalue weighted by atomic mass is 16.4. The Morgan fingerprint density at radius 1 is 1.29 bits per heavy atom. The molecular formula is C12H19NO4. The summed E-state index contributed by atoms with van der Waals surface area (Å²) in [6.07, 6.45) is 4.34. The number of piperidine rings is 1. The molecular weight excluding hydrogens is 222 g/mol. The molecule has 1 aliphatic heterocycles. The van der Waals surface area contributed by atoms with Gasteiger partial charge >= 0.3 is 5.97 Å². The number of amides is 1. The first-order valence-corrected chi connectivity index (χ1v) is 6.27. The molecule has 0 aromatic rings. The van der Waals surface area contributed by atoms with Crippen LogP contribution < -0.4 is 0 Å². The van der Waals surface area contributed by atoms with E-state index in [4.69, 9.17) is 10.2 Å². The molecule has 0 bridgehead atoms. The number of aliphatic hydroxyl groups is 1. The van der Waals surface area contributed by atoms with Gasteiger partial charge in [0.1, 0.15) is 5.41 Å². The van der Waals surface area contributed by atoms with E-state index >= 15 is 0 Å². The maximum Gasteiger partial charge on any atom is 0.319 e. The third-order valence-corrected chi connectivity index (χ3v) is 3.92. The van der Waals surface area contributed by atoms with Gasteiger partial charge in [-0.25, -0.2) is 0 Å². The lowest BCUT2D eigenvalue weighted by atomic mass is 9.96. The van der Waals surface area contributed by atoms with Crippen molar-refractivity contribution in [1.82, 2.24) is 4.90 Å². The van der Waals surface area contributed by atoms with Crippen LogP contribution in [-0.2, 0) is 9.59 Å². The van der Waals surface area contributed by atoms with E-state index in [1.54, 1.807) is 4.90 Å². The second-order valence-electron chi connectivity index (χ2n) is 5.05. The summed E-state index contributed by atoms with van der Waals surface area (Å²) in [5.74, 6) is -1.22. The summed E-state index contributed by atoms with van der Waals surface area (Å²) in [5.41, 5.74) is -1.13. The van der Waals surface area contributed by atoms with Crippen molar-refractivity contribution >= 4 is 11.9 Å². The molecule has 0 aromatic carbocycles. The average molecular weight is 241 g/mol. The third kappa shape index (κ3) is 2.16. The standard InChI is InChI=1S/C12H19NO4/c14-8-4-9-3-1-2-7-13(9)10(15)12(5-6-12)11(16)17/h9,14H,1-8H2,(H,16,17). The Bertz CT molecular complexity index is 322. The largest absolute Gasteiger partial charge is 0.480 e. The van der Waals surface area contributed by atoms with Crippen molar-refractivity contribution in [3.8, 4) is 0 Å². The minimum Gasteiger partial charge on any atom is -0.480 e. The molecule has 1 amide bonds. The first kappa shape index (κ1) is 12.4. The zero-order valence-electron chi connectivity index (χ0n) is 9.89. The smallest absolute Gasteiger partial charge is 0.319 e. The number of carboxylic acid groups (broad SMARTS) is 1. The summed E-state index contributed by atoms with van der Waals surface area (Å²) in [4.78, 5) is 25.1. The maximum atomic E-state index is 12.3. The van der Waals surface area contributed by atoms with Crippen LogP contribution in [0.4, 0.5) is 0 Å². The molecule has 1 heterocycles. The van der Waals surface area contributed by atoms with E-state index in [0.29, 0.717) is 25.8 Å². The fourth-order valence-electron chi connectivity index (χ4n) is 2.64. The zero-order chi connectivity index (χ0) is 12.5. The van der Waals surface area contributed by atoms with Crippen molar-refractivity contribution in [3.63, 3.8) is 0 Å². The van der Waals surface area contributed by atoms with E-state index in [0.717, 1.165) is 19.3 Å². The number of hydrogen-bond donors (Lipinski definition) is 2. The first-order valence-electron chi connectivity index (χ1n) is 6.27. The topological polar surface area (TPSA) is 77.8 Å². The van der Waals surface area contributed by atoms with Crippen LogP contribution in [0.2, 0.25) is 0 Å². The number of rotatable bonds is 4. The number of aliphatic carboxylic acids is 1. The molecule has 5 nitrogen and oxygen atoms in total. The summed E-state index contributed by atoms with van der Waals surface area (Å²) in [6.45, 7) is 0.688. The lowest BCUT2D eigenvalue weighted by molar-refractivity contribution is -0.155.